The largest absolute Gasteiger partial charge is 0.477 e. The van der Waals surface area contributed by atoms with Gasteiger partial charge < -0.3 is 20.1 Å². The number of nitrogens with zero attached hydrogens (tertiary/aromatic N) is 1. The Kier molecular flexibility index (Phi) is 4.71. The SMILES string of the molecule is CN1CCOC(CNCc2ccc(C(=O)O)s2)C1. The molecule has 18 heavy (non-hydrogen) atoms. The van der Waals surface area contributed by atoms with Crippen LogP contribution in [0.25, 0.3) is 0 Å². The van der Waals surface area contributed by atoms with Gasteiger partial charge in [-0.15, -0.1) is 11.3 Å². The molecule has 2 rings (SSSR count). The molecule has 0 spiro atoms. The van der Waals surface area contributed by atoms with Crippen molar-refractivity contribution in [3.8, 4) is 0 Å². The summed E-state index contributed by atoms with van der Waals surface area (Å²) in [7, 11) is 2.09. The van der Waals surface area contributed by atoms with Crippen LogP contribution in [0.2, 0.25) is 0 Å². The first-order chi connectivity index (χ1) is 8.65. The third-order valence-corrected chi connectivity index (χ3v) is 3.96. The first-order valence-electron chi connectivity index (χ1n) is 5.98. The molecule has 0 bridgehead atoms. The van der Waals surface area contributed by atoms with Crippen molar-refractivity contribution < 1.29 is 14.6 Å². The number of thiophene rings is 1. The number of aromatic carboxylic acids is 1. The fraction of sp³-hybridized carbons (Fsp3) is 0.583. The van der Waals surface area contributed by atoms with Crippen LogP contribution >= 0.6 is 11.3 Å². The summed E-state index contributed by atoms with van der Waals surface area (Å²) in [6.07, 6.45) is 0.225. The Morgan fingerprint density at radius 3 is 3.17 bits per heavy atom. The van der Waals surface area contributed by atoms with E-state index in [4.69, 9.17) is 9.84 Å². The number of hydrogen-bond acceptors (Lipinski definition) is 5. The van der Waals surface area contributed by atoms with Crippen molar-refractivity contribution in [3.05, 3.63) is 21.9 Å². The van der Waals surface area contributed by atoms with Crippen LogP contribution in [0.4, 0.5) is 0 Å². The smallest absolute Gasteiger partial charge is 0.345 e. The van der Waals surface area contributed by atoms with E-state index in [9.17, 15) is 4.79 Å². The van der Waals surface area contributed by atoms with E-state index in [0.29, 0.717) is 11.4 Å². The van der Waals surface area contributed by atoms with Crippen molar-refractivity contribution in [2.45, 2.75) is 12.6 Å². The number of rotatable bonds is 5. The Hall–Kier alpha value is -0.950. The summed E-state index contributed by atoms with van der Waals surface area (Å²) in [6, 6.07) is 3.50. The standard InChI is InChI=1S/C12H18N2O3S/c1-14-4-5-17-9(8-14)6-13-7-10-2-3-11(18-10)12(15)16/h2-3,9,13H,4-8H2,1H3,(H,15,16). The van der Waals surface area contributed by atoms with E-state index in [1.807, 2.05) is 6.07 Å². The van der Waals surface area contributed by atoms with Gasteiger partial charge in [-0.3, -0.25) is 0 Å². The first kappa shape index (κ1) is 13.5. The van der Waals surface area contributed by atoms with Crippen LogP contribution in [0.5, 0.6) is 0 Å². The molecule has 100 valence electrons. The van der Waals surface area contributed by atoms with Gasteiger partial charge >= 0.3 is 5.97 Å². The second-order valence-corrected chi connectivity index (χ2v) is 5.63. The molecule has 1 aromatic rings. The van der Waals surface area contributed by atoms with Crippen LogP contribution in [0, 0.1) is 0 Å². The number of likely N-dealkylation sites (N-methyl/N-ethyl adjacent to an activating group) is 1. The topological polar surface area (TPSA) is 61.8 Å². The second-order valence-electron chi connectivity index (χ2n) is 4.46. The van der Waals surface area contributed by atoms with Gasteiger partial charge in [0.2, 0.25) is 0 Å². The summed E-state index contributed by atoms with van der Waals surface area (Å²) in [6.45, 7) is 4.21. The lowest BCUT2D eigenvalue weighted by molar-refractivity contribution is -0.0181. The maximum atomic E-state index is 10.7. The zero-order valence-electron chi connectivity index (χ0n) is 10.4. The molecule has 0 saturated carbocycles. The number of carboxylic acid groups (broad SMARTS) is 1. The number of nitrogens with one attached hydrogen (secondary N) is 1. The van der Waals surface area contributed by atoms with Crippen LogP contribution < -0.4 is 5.32 Å². The molecule has 0 aliphatic carbocycles. The maximum absolute atomic E-state index is 10.7. The summed E-state index contributed by atoms with van der Waals surface area (Å²) >= 11 is 1.31. The van der Waals surface area contributed by atoms with Crippen molar-refractivity contribution in [2.75, 3.05) is 33.3 Å². The Labute approximate surface area is 110 Å². The average molecular weight is 270 g/mol. The Bertz CT molecular complexity index is 408. The quantitative estimate of drug-likeness (QED) is 0.831. The van der Waals surface area contributed by atoms with Crippen LogP contribution in [-0.4, -0.2) is 55.4 Å². The van der Waals surface area contributed by atoms with E-state index in [2.05, 4.69) is 17.3 Å². The van der Waals surface area contributed by atoms with Gasteiger partial charge in [0.05, 0.1) is 12.7 Å². The van der Waals surface area contributed by atoms with E-state index >= 15 is 0 Å². The van der Waals surface area contributed by atoms with Gasteiger partial charge in [0.15, 0.2) is 0 Å². The van der Waals surface area contributed by atoms with E-state index in [0.717, 1.165) is 31.1 Å². The van der Waals surface area contributed by atoms with Gasteiger partial charge in [0.1, 0.15) is 4.88 Å². The normalized spacial score (nSPS) is 21.1. The first-order valence-corrected chi connectivity index (χ1v) is 6.79. The number of carbonyl (C=O) groups is 1. The molecule has 1 atom stereocenters. The van der Waals surface area contributed by atoms with Crippen molar-refractivity contribution >= 4 is 17.3 Å². The molecule has 0 aromatic carbocycles. The minimum absolute atomic E-state index is 0.225. The van der Waals surface area contributed by atoms with Gasteiger partial charge in [-0.1, -0.05) is 0 Å². The molecule has 1 aromatic heterocycles. The third-order valence-electron chi connectivity index (χ3n) is 2.89. The van der Waals surface area contributed by atoms with E-state index in [-0.39, 0.29) is 6.10 Å². The summed E-state index contributed by atoms with van der Waals surface area (Å²) in [5.41, 5.74) is 0. The molecule has 2 heterocycles. The molecule has 1 aliphatic heterocycles. The maximum Gasteiger partial charge on any atom is 0.345 e. The van der Waals surface area contributed by atoms with Gasteiger partial charge in [-0.2, -0.15) is 0 Å². The minimum atomic E-state index is -0.858. The molecular weight excluding hydrogens is 252 g/mol. The Balaban J connectivity index is 1.72. The second kappa shape index (κ2) is 6.29. The predicted molar refractivity (Wildman–Crippen MR) is 70.2 cm³/mol. The van der Waals surface area contributed by atoms with Crippen molar-refractivity contribution in [3.63, 3.8) is 0 Å². The number of carboxylic acids is 1. The zero-order valence-corrected chi connectivity index (χ0v) is 11.2. The highest BCUT2D eigenvalue weighted by Gasteiger charge is 2.17. The van der Waals surface area contributed by atoms with Crippen molar-refractivity contribution in [1.29, 1.82) is 0 Å². The lowest BCUT2D eigenvalue weighted by Crippen LogP contribution is -2.44. The fourth-order valence-electron chi connectivity index (χ4n) is 1.93. The number of ether oxygens (including phenoxy) is 1. The highest BCUT2D eigenvalue weighted by Crippen LogP contribution is 2.16. The van der Waals surface area contributed by atoms with Gasteiger partial charge in [-0.25, -0.2) is 4.79 Å². The summed E-state index contributed by atoms with van der Waals surface area (Å²) in [4.78, 5) is 14.4. The fourth-order valence-corrected chi connectivity index (χ4v) is 2.75. The zero-order chi connectivity index (χ0) is 13.0. The molecule has 1 unspecified atom stereocenters. The molecule has 1 saturated heterocycles. The van der Waals surface area contributed by atoms with Crippen LogP contribution in [0.3, 0.4) is 0 Å². The average Bonchev–Trinajstić information content (AvgIpc) is 2.78. The van der Waals surface area contributed by atoms with E-state index < -0.39 is 5.97 Å². The highest BCUT2D eigenvalue weighted by atomic mass is 32.1. The van der Waals surface area contributed by atoms with Crippen molar-refractivity contribution in [1.82, 2.24) is 10.2 Å². The molecule has 1 aliphatic rings. The molecule has 1 fully saturated rings. The Morgan fingerprint density at radius 2 is 2.50 bits per heavy atom. The van der Waals surface area contributed by atoms with Gasteiger partial charge in [-0.05, 0) is 19.2 Å². The minimum Gasteiger partial charge on any atom is -0.477 e. The molecular formula is C12H18N2O3S. The summed E-state index contributed by atoms with van der Waals surface area (Å²) in [5, 5.41) is 12.1. The van der Waals surface area contributed by atoms with Crippen LogP contribution in [-0.2, 0) is 11.3 Å². The van der Waals surface area contributed by atoms with E-state index in [1.165, 1.54) is 11.3 Å². The van der Waals surface area contributed by atoms with Gasteiger partial charge in [0.25, 0.3) is 0 Å². The molecule has 6 heteroatoms. The summed E-state index contributed by atoms with van der Waals surface area (Å²) in [5.74, 6) is -0.858. The predicted octanol–water partition coefficient (Wildman–Crippen LogP) is 0.866. The van der Waals surface area contributed by atoms with Crippen LogP contribution in [0.15, 0.2) is 12.1 Å². The lowest BCUT2D eigenvalue weighted by Gasteiger charge is -2.30. The van der Waals surface area contributed by atoms with Gasteiger partial charge in [0, 0.05) is 31.1 Å². The number of morpholine rings is 1. The van der Waals surface area contributed by atoms with E-state index in [1.54, 1.807) is 6.07 Å². The van der Waals surface area contributed by atoms with Crippen molar-refractivity contribution in [2.24, 2.45) is 0 Å². The molecule has 0 amide bonds. The molecule has 0 radical (unpaired) electrons. The monoisotopic (exact) mass is 270 g/mol. The molecule has 2 N–H and O–H groups in total. The summed E-state index contributed by atoms with van der Waals surface area (Å²) < 4.78 is 5.63. The third kappa shape index (κ3) is 3.78. The Morgan fingerprint density at radius 1 is 1.67 bits per heavy atom. The lowest BCUT2D eigenvalue weighted by atomic mass is 10.3. The molecule has 5 nitrogen and oxygen atoms in total. The number of hydrogen-bond donors (Lipinski definition) is 2. The van der Waals surface area contributed by atoms with Crippen LogP contribution in [0.1, 0.15) is 14.5 Å². The highest BCUT2D eigenvalue weighted by molar-refractivity contribution is 7.13.